The van der Waals surface area contributed by atoms with Gasteiger partial charge in [-0.15, -0.1) is 0 Å². The van der Waals surface area contributed by atoms with Crippen LogP contribution in [0.25, 0.3) is 0 Å². The van der Waals surface area contributed by atoms with Gasteiger partial charge in [0.05, 0.1) is 6.54 Å². The Morgan fingerprint density at radius 3 is 1.54 bits per heavy atom. The molecule has 12 N–H and O–H groups in total. The van der Waals surface area contributed by atoms with Crippen molar-refractivity contribution in [2.24, 2.45) is 23.3 Å². The topological polar surface area (TPSA) is 313 Å². The van der Waals surface area contributed by atoms with Crippen molar-refractivity contribution >= 4 is 53.2 Å². The Hall–Kier alpha value is -6.41. The zero-order chi connectivity index (χ0) is 51.2. The number of benzene rings is 2. The standard InChI is InChI=1S/C49H74N10O10/c1-29(2)24-36(55-42(61)32(6)53-47(66)40-21-15-23-59(40)48(67)35(20-13-14-22-50)54-41(60)28-51)45(64)57-38(27-34-18-11-8-12-19-34)46(65)56-37(26-33-16-9-7-10-17-33)44(63)52-31(5)43(62)58-39(49(68)69)25-30(3)4/h7-12,16-19,29-32,35-40H,13-15,20-28,50-51H2,1-6H3,(H,52,63)(H,53,66)(H,54,60)(H,55,61)(H,56,65)(H,57,64)(H,58,62)(H,68,69). The number of likely N-dealkylation sites (tertiary alicyclic amines) is 1. The highest BCUT2D eigenvalue weighted by molar-refractivity contribution is 5.98. The molecule has 3 rings (SSSR count). The molecule has 69 heavy (non-hydrogen) atoms. The summed E-state index contributed by atoms with van der Waals surface area (Å²) in [6.45, 7) is 10.5. The summed E-state index contributed by atoms with van der Waals surface area (Å²) >= 11 is 0. The van der Waals surface area contributed by atoms with Crippen molar-refractivity contribution in [2.75, 3.05) is 19.6 Å². The SMILES string of the molecule is CC(C)CC(NC(=O)C(C)NC(=O)C(Cc1ccccc1)NC(=O)C(Cc1ccccc1)NC(=O)C(CC(C)C)NC(=O)C(C)NC(=O)C1CCCN1C(=O)C(CCCCN)NC(=O)CN)C(=O)O. The molecule has 1 heterocycles. The predicted octanol–water partition coefficient (Wildman–Crippen LogP) is 0.161. The molecule has 0 radical (unpaired) electrons. The first-order valence-corrected chi connectivity index (χ1v) is 23.9. The van der Waals surface area contributed by atoms with Crippen LogP contribution in [-0.2, 0) is 56.0 Å². The van der Waals surface area contributed by atoms with Crippen LogP contribution in [0, 0.1) is 11.8 Å². The number of hydrogen-bond donors (Lipinski definition) is 10. The average Bonchev–Trinajstić information content (AvgIpc) is 3.81. The smallest absolute Gasteiger partial charge is 0.326 e. The molecule has 20 nitrogen and oxygen atoms in total. The van der Waals surface area contributed by atoms with E-state index in [-0.39, 0.29) is 50.6 Å². The minimum absolute atomic E-state index is 0.00744. The molecule has 8 amide bonds. The Bertz CT molecular complexity index is 2040. The van der Waals surface area contributed by atoms with Crippen molar-refractivity contribution in [3.8, 4) is 0 Å². The summed E-state index contributed by atoms with van der Waals surface area (Å²) < 4.78 is 0. The Kier molecular flexibility index (Phi) is 23.8. The van der Waals surface area contributed by atoms with Crippen molar-refractivity contribution < 1.29 is 48.3 Å². The van der Waals surface area contributed by atoms with Gasteiger partial charge < -0.3 is 58.7 Å². The number of carboxylic acid groups (broad SMARTS) is 1. The van der Waals surface area contributed by atoms with Crippen LogP contribution in [0.3, 0.4) is 0 Å². The Labute approximate surface area is 405 Å². The summed E-state index contributed by atoms with van der Waals surface area (Å²) in [6, 6.07) is 8.59. The average molecular weight is 963 g/mol. The van der Waals surface area contributed by atoms with Crippen LogP contribution in [0.5, 0.6) is 0 Å². The normalized spacial score (nSPS) is 16.4. The van der Waals surface area contributed by atoms with E-state index < -0.39 is 102 Å². The van der Waals surface area contributed by atoms with Crippen LogP contribution in [0.15, 0.2) is 60.7 Å². The molecule has 1 fully saturated rings. The van der Waals surface area contributed by atoms with Gasteiger partial charge in [-0.1, -0.05) is 88.4 Å². The van der Waals surface area contributed by atoms with E-state index in [9.17, 15) is 48.3 Å². The largest absolute Gasteiger partial charge is 0.480 e. The third-order valence-corrected chi connectivity index (χ3v) is 11.6. The highest BCUT2D eigenvalue weighted by Gasteiger charge is 2.39. The Morgan fingerprint density at radius 2 is 1.04 bits per heavy atom. The van der Waals surface area contributed by atoms with Gasteiger partial charge in [0, 0.05) is 19.4 Å². The number of aliphatic carboxylic acids is 1. The lowest BCUT2D eigenvalue weighted by Crippen LogP contribution is -2.60. The number of nitrogens with one attached hydrogen (secondary N) is 7. The second-order valence-electron chi connectivity index (χ2n) is 18.5. The summed E-state index contributed by atoms with van der Waals surface area (Å²) in [5.74, 6) is -6.53. The van der Waals surface area contributed by atoms with E-state index in [4.69, 9.17) is 11.5 Å². The summed E-state index contributed by atoms with van der Waals surface area (Å²) in [5, 5.41) is 28.3. The molecule has 2 aromatic carbocycles. The second-order valence-corrected chi connectivity index (χ2v) is 18.5. The summed E-state index contributed by atoms with van der Waals surface area (Å²) in [5.41, 5.74) is 12.5. The maximum atomic E-state index is 14.4. The maximum absolute atomic E-state index is 14.4. The third kappa shape index (κ3) is 19.2. The molecule has 380 valence electrons. The van der Waals surface area contributed by atoms with E-state index in [1.54, 1.807) is 60.7 Å². The van der Waals surface area contributed by atoms with Gasteiger partial charge in [-0.25, -0.2) is 4.79 Å². The lowest BCUT2D eigenvalue weighted by atomic mass is 10.00. The van der Waals surface area contributed by atoms with E-state index in [2.05, 4.69) is 37.2 Å². The third-order valence-electron chi connectivity index (χ3n) is 11.6. The highest BCUT2D eigenvalue weighted by Crippen LogP contribution is 2.20. The van der Waals surface area contributed by atoms with Crippen molar-refractivity contribution in [1.82, 2.24) is 42.1 Å². The second kappa shape index (κ2) is 28.8. The molecule has 0 saturated carbocycles. The number of carbonyl (C=O) groups excluding carboxylic acids is 8. The van der Waals surface area contributed by atoms with Gasteiger partial charge in [0.25, 0.3) is 0 Å². The molecule has 2 aromatic rings. The predicted molar refractivity (Wildman–Crippen MR) is 258 cm³/mol. The Balaban J connectivity index is 1.81. The maximum Gasteiger partial charge on any atom is 0.326 e. The lowest BCUT2D eigenvalue weighted by molar-refractivity contribution is -0.142. The fourth-order valence-corrected chi connectivity index (χ4v) is 7.91. The highest BCUT2D eigenvalue weighted by atomic mass is 16.4. The lowest BCUT2D eigenvalue weighted by Gasteiger charge is -2.30. The minimum Gasteiger partial charge on any atom is -0.480 e. The number of carbonyl (C=O) groups is 9. The summed E-state index contributed by atoms with van der Waals surface area (Å²) in [4.78, 5) is 122. The quantitative estimate of drug-likeness (QED) is 0.0511. The van der Waals surface area contributed by atoms with Crippen LogP contribution >= 0.6 is 0 Å². The van der Waals surface area contributed by atoms with Crippen LogP contribution < -0.4 is 48.7 Å². The number of carboxylic acids is 1. The van der Waals surface area contributed by atoms with Gasteiger partial charge in [-0.05, 0) is 88.3 Å². The zero-order valence-electron chi connectivity index (χ0n) is 40.8. The Morgan fingerprint density at radius 1 is 0.580 bits per heavy atom. The first-order valence-electron chi connectivity index (χ1n) is 23.9. The van der Waals surface area contributed by atoms with Gasteiger partial charge in [0.2, 0.25) is 47.3 Å². The van der Waals surface area contributed by atoms with E-state index in [0.717, 1.165) is 0 Å². The molecule has 0 aliphatic carbocycles. The fraction of sp³-hybridized carbons (Fsp3) is 0.571. The number of rotatable bonds is 28. The molecule has 20 heteroatoms. The first-order chi connectivity index (χ1) is 32.7. The van der Waals surface area contributed by atoms with Crippen LogP contribution in [0.1, 0.15) is 97.6 Å². The van der Waals surface area contributed by atoms with E-state index in [1.165, 1.54) is 18.7 Å². The van der Waals surface area contributed by atoms with Gasteiger partial charge in [-0.3, -0.25) is 38.4 Å². The first kappa shape index (κ1) is 56.9. The fourth-order valence-electron chi connectivity index (χ4n) is 7.91. The monoisotopic (exact) mass is 963 g/mol. The van der Waals surface area contributed by atoms with Crippen LogP contribution in [-0.4, -0.2) is 131 Å². The molecular formula is C49H74N10O10. The summed E-state index contributed by atoms with van der Waals surface area (Å²) in [7, 11) is 0. The molecule has 8 atom stereocenters. The van der Waals surface area contributed by atoms with Crippen LogP contribution in [0.2, 0.25) is 0 Å². The molecule has 1 saturated heterocycles. The molecule has 0 aromatic heterocycles. The van der Waals surface area contributed by atoms with E-state index in [1.807, 2.05) is 27.7 Å². The number of amides is 8. The number of nitrogens with zero attached hydrogens (tertiary/aromatic N) is 1. The van der Waals surface area contributed by atoms with Gasteiger partial charge >= 0.3 is 5.97 Å². The molecule has 8 unspecified atom stereocenters. The summed E-state index contributed by atoms with van der Waals surface area (Å²) in [6.07, 6.45) is 2.62. The molecule has 0 bridgehead atoms. The van der Waals surface area contributed by atoms with Gasteiger partial charge in [0.1, 0.15) is 48.3 Å². The zero-order valence-corrected chi connectivity index (χ0v) is 40.8. The van der Waals surface area contributed by atoms with Crippen LogP contribution in [0.4, 0.5) is 0 Å². The van der Waals surface area contributed by atoms with Crippen molar-refractivity contribution in [1.29, 1.82) is 0 Å². The number of hydrogen-bond acceptors (Lipinski definition) is 11. The van der Waals surface area contributed by atoms with Gasteiger partial charge in [-0.2, -0.15) is 0 Å². The molecule has 1 aliphatic heterocycles. The van der Waals surface area contributed by atoms with Crippen molar-refractivity contribution in [2.45, 2.75) is 148 Å². The minimum atomic E-state index is -1.28. The van der Waals surface area contributed by atoms with Crippen molar-refractivity contribution in [3.05, 3.63) is 71.8 Å². The molecular weight excluding hydrogens is 889 g/mol. The van der Waals surface area contributed by atoms with Crippen molar-refractivity contribution in [3.63, 3.8) is 0 Å². The number of unbranched alkanes of at least 4 members (excludes halogenated alkanes) is 1. The molecule has 0 spiro atoms. The van der Waals surface area contributed by atoms with Gasteiger partial charge in [0.15, 0.2) is 0 Å². The van der Waals surface area contributed by atoms with E-state index >= 15 is 0 Å². The number of nitrogens with two attached hydrogens (primary N) is 2. The molecule has 1 aliphatic rings. The van der Waals surface area contributed by atoms with E-state index in [0.29, 0.717) is 49.8 Å².